The minimum Gasteiger partial charge on any atom is -0.455 e. The van der Waals surface area contributed by atoms with Gasteiger partial charge in [-0.1, -0.05) is 25.4 Å². The first-order chi connectivity index (χ1) is 19.4. The monoisotopic (exact) mass is 562 g/mol. The van der Waals surface area contributed by atoms with Gasteiger partial charge >= 0.3 is 0 Å². The van der Waals surface area contributed by atoms with Crippen molar-refractivity contribution in [3.63, 3.8) is 0 Å². The van der Waals surface area contributed by atoms with E-state index in [1.807, 2.05) is 38.1 Å². The predicted molar refractivity (Wildman–Crippen MR) is 156 cm³/mol. The molecule has 0 bridgehead atoms. The molecule has 0 aliphatic heterocycles. The highest BCUT2D eigenvalue weighted by molar-refractivity contribution is 7.14. The summed E-state index contributed by atoms with van der Waals surface area (Å²) in [7, 11) is 0. The quantitative estimate of drug-likeness (QED) is 0.0716. The van der Waals surface area contributed by atoms with E-state index in [0.717, 1.165) is 29.8 Å². The molecule has 0 saturated heterocycles. The molecule has 1 atom stereocenters. The highest BCUT2D eigenvalue weighted by Crippen LogP contribution is 2.31. The number of amides is 1. The number of thiazole rings is 1. The summed E-state index contributed by atoms with van der Waals surface area (Å²) in [6, 6.07) is 14.5. The van der Waals surface area contributed by atoms with Gasteiger partial charge in [-0.15, -0.1) is 11.3 Å². The number of hydrogen-bond donors (Lipinski definition) is 2. The van der Waals surface area contributed by atoms with Crippen LogP contribution in [0.4, 0.5) is 0 Å². The lowest BCUT2D eigenvalue weighted by Gasteiger charge is -2.22. The maximum atomic E-state index is 13.6. The Morgan fingerprint density at radius 3 is 2.35 bits per heavy atom. The third-order valence-corrected chi connectivity index (χ3v) is 7.04. The maximum Gasteiger partial charge on any atom is 0.285 e. The van der Waals surface area contributed by atoms with Crippen molar-refractivity contribution in [2.45, 2.75) is 52.7 Å². The van der Waals surface area contributed by atoms with Crippen molar-refractivity contribution < 1.29 is 19.5 Å². The molecular formula is C29H34N6O4S. The number of rotatable bonds is 13. The zero-order valence-electron chi connectivity index (χ0n) is 22.9. The Balaban J connectivity index is 1.51. The van der Waals surface area contributed by atoms with Crippen LogP contribution in [-0.4, -0.2) is 44.4 Å². The fourth-order valence-electron chi connectivity index (χ4n) is 4.08. The van der Waals surface area contributed by atoms with Crippen LogP contribution in [0.25, 0.3) is 11.3 Å². The van der Waals surface area contributed by atoms with Gasteiger partial charge in [-0.2, -0.15) is 0 Å². The van der Waals surface area contributed by atoms with Crippen LogP contribution in [0.15, 0.2) is 72.4 Å². The van der Waals surface area contributed by atoms with Gasteiger partial charge in [0.1, 0.15) is 22.7 Å². The van der Waals surface area contributed by atoms with Crippen LogP contribution < -0.4 is 20.2 Å². The van der Waals surface area contributed by atoms with E-state index < -0.39 is 6.29 Å². The van der Waals surface area contributed by atoms with Crippen LogP contribution in [0.2, 0.25) is 0 Å². The van der Waals surface area contributed by atoms with Gasteiger partial charge in [0.2, 0.25) is 6.29 Å². The normalized spacial score (nSPS) is 12.2. The number of aromatic nitrogens is 3. The second-order valence-corrected chi connectivity index (χ2v) is 10.3. The summed E-state index contributed by atoms with van der Waals surface area (Å²) >= 11 is 1.38. The molecule has 0 radical (unpaired) electrons. The lowest BCUT2D eigenvalue weighted by molar-refractivity contribution is -0.00211. The lowest BCUT2D eigenvalue weighted by Crippen LogP contribution is -2.40. The summed E-state index contributed by atoms with van der Waals surface area (Å²) in [5.41, 5.74) is 7.71. The van der Waals surface area contributed by atoms with E-state index in [1.165, 1.54) is 11.3 Å². The SMILES string of the molecule is CCCCC(Oc1ccc(C(N)=NO)cc1)Oc1ccc(-c2nc(C)sc2C(=O)N(CCC)n2ccnc2)cc1. The number of benzene rings is 2. The summed E-state index contributed by atoms with van der Waals surface area (Å²) in [6.07, 6.45) is 7.97. The molecule has 0 aliphatic rings. The van der Waals surface area contributed by atoms with Crippen molar-refractivity contribution in [1.29, 1.82) is 0 Å². The van der Waals surface area contributed by atoms with Gasteiger partial charge in [-0.05, 0) is 68.3 Å². The smallest absolute Gasteiger partial charge is 0.285 e. The summed E-state index contributed by atoms with van der Waals surface area (Å²) in [5.74, 6) is 1.17. The molecule has 210 valence electrons. The van der Waals surface area contributed by atoms with Crippen LogP contribution in [0.1, 0.15) is 59.8 Å². The molecule has 2 aromatic heterocycles. The summed E-state index contributed by atoms with van der Waals surface area (Å²) < 4.78 is 14.0. The molecule has 11 heteroatoms. The van der Waals surface area contributed by atoms with E-state index in [9.17, 15) is 4.79 Å². The van der Waals surface area contributed by atoms with Crippen molar-refractivity contribution in [3.05, 3.63) is 82.7 Å². The summed E-state index contributed by atoms with van der Waals surface area (Å²) in [4.78, 5) is 22.9. The van der Waals surface area contributed by atoms with E-state index in [1.54, 1.807) is 52.7 Å². The molecule has 10 nitrogen and oxygen atoms in total. The standard InChI is InChI=1S/C29H34N6O4S/c1-4-6-7-25(39-24-14-10-22(11-15-24)28(30)33-37)38-23-12-8-21(9-13-23)26-27(40-20(3)32-26)29(36)35(17-5-2)34-18-16-31-19-34/h8-16,18-19,25,37H,4-7,17H2,1-3H3,(H2,30,33). The van der Waals surface area contributed by atoms with E-state index in [4.69, 9.17) is 20.4 Å². The third-order valence-electron chi connectivity index (χ3n) is 6.08. The number of carbonyl (C=O) groups excluding carboxylic acids is 1. The van der Waals surface area contributed by atoms with Crippen LogP contribution in [0.5, 0.6) is 11.5 Å². The second-order valence-electron chi connectivity index (χ2n) is 9.12. The first-order valence-electron chi connectivity index (χ1n) is 13.2. The van der Waals surface area contributed by atoms with Gasteiger partial charge in [0.05, 0.1) is 10.7 Å². The Morgan fingerprint density at radius 2 is 1.77 bits per heavy atom. The van der Waals surface area contributed by atoms with Crippen molar-refractivity contribution in [1.82, 2.24) is 14.6 Å². The first-order valence-corrected chi connectivity index (χ1v) is 14.0. The average Bonchev–Trinajstić information content (AvgIpc) is 3.65. The average molecular weight is 563 g/mol. The number of amidine groups is 1. The Morgan fingerprint density at radius 1 is 1.10 bits per heavy atom. The van der Waals surface area contributed by atoms with E-state index >= 15 is 0 Å². The molecule has 4 rings (SSSR count). The third kappa shape index (κ3) is 6.97. The van der Waals surface area contributed by atoms with Gasteiger partial charge in [0, 0.05) is 36.5 Å². The molecule has 2 heterocycles. The summed E-state index contributed by atoms with van der Waals surface area (Å²) in [5, 5.41) is 14.4. The van der Waals surface area contributed by atoms with Gasteiger partial charge < -0.3 is 20.4 Å². The van der Waals surface area contributed by atoms with Crippen LogP contribution in [0, 0.1) is 6.92 Å². The Labute approximate surface area is 237 Å². The van der Waals surface area contributed by atoms with Crippen molar-refractivity contribution in [2.75, 3.05) is 11.6 Å². The molecule has 1 unspecified atom stereocenters. The number of ether oxygens (including phenoxy) is 2. The van der Waals surface area contributed by atoms with Gasteiger partial charge in [0.25, 0.3) is 5.91 Å². The largest absolute Gasteiger partial charge is 0.455 e. The molecule has 4 aromatic rings. The van der Waals surface area contributed by atoms with E-state index in [2.05, 4.69) is 22.0 Å². The van der Waals surface area contributed by atoms with Gasteiger partial charge in [-0.25, -0.2) is 19.7 Å². The fourth-order valence-corrected chi connectivity index (χ4v) is 4.97. The molecule has 0 aliphatic carbocycles. The van der Waals surface area contributed by atoms with Crippen LogP contribution in [-0.2, 0) is 0 Å². The van der Waals surface area contributed by atoms with Gasteiger partial charge in [0.15, 0.2) is 5.84 Å². The molecule has 0 saturated carbocycles. The van der Waals surface area contributed by atoms with E-state index in [0.29, 0.717) is 40.6 Å². The highest BCUT2D eigenvalue weighted by atomic mass is 32.1. The number of nitrogens with two attached hydrogens (primary N) is 1. The van der Waals surface area contributed by atoms with E-state index in [-0.39, 0.29) is 11.7 Å². The lowest BCUT2D eigenvalue weighted by atomic mass is 10.1. The Hall–Kier alpha value is -4.38. The van der Waals surface area contributed by atoms with Crippen molar-refractivity contribution in [3.8, 4) is 22.8 Å². The second kappa shape index (κ2) is 13.6. The van der Waals surface area contributed by atoms with Crippen molar-refractivity contribution in [2.24, 2.45) is 10.9 Å². The molecule has 3 N–H and O–H groups in total. The number of aryl methyl sites for hydroxylation is 1. The molecular weight excluding hydrogens is 528 g/mol. The highest BCUT2D eigenvalue weighted by Gasteiger charge is 2.24. The number of imidazole rings is 1. The number of unbranched alkanes of at least 4 members (excludes halogenated alkanes) is 1. The number of nitrogens with zero attached hydrogens (tertiary/aromatic N) is 5. The molecule has 0 spiro atoms. The van der Waals surface area contributed by atoms with Gasteiger partial charge in [-0.3, -0.25) is 4.79 Å². The molecule has 0 fully saturated rings. The fraction of sp³-hybridized carbons (Fsp3) is 0.310. The summed E-state index contributed by atoms with van der Waals surface area (Å²) in [6.45, 7) is 6.60. The Kier molecular flexibility index (Phi) is 9.74. The van der Waals surface area contributed by atoms with Crippen LogP contribution >= 0.6 is 11.3 Å². The minimum absolute atomic E-state index is 0.0328. The first kappa shape index (κ1) is 28.6. The number of carbonyl (C=O) groups is 1. The number of hydrogen-bond acceptors (Lipinski definition) is 8. The van der Waals surface area contributed by atoms with Crippen molar-refractivity contribution >= 4 is 23.1 Å². The Bertz CT molecular complexity index is 1400. The molecule has 1 amide bonds. The molecule has 40 heavy (non-hydrogen) atoms. The molecule has 2 aromatic carbocycles. The minimum atomic E-state index is -0.503. The van der Waals surface area contributed by atoms with Crippen LogP contribution in [0.3, 0.4) is 0 Å². The topological polar surface area (TPSA) is 128 Å². The number of oxime groups is 1. The maximum absolute atomic E-state index is 13.6. The zero-order chi connectivity index (χ0) is 28.5. The zero-order valence-corrected chi connectivity index (χ0v) is 23.7. The predicted octanol–water partition coefficient (Wildman–Crippen LogP) is 5.57.